The molecule has 6 rings (SSSR count). The highest BCUT2D eigenvalue weighted by molar-refractivity contribution is 6.34. The third-order valence-corrected chi connectivity index (χ3v) is 9.33. The molecule has 2 fully saturated rings. The number of amides is 2. The van der Waals surface area contributed by atoms with Crippen LogP contribution >= 0.6 is 11.6 Å². The molecule has 2 aliphatic rings. The molecule has 1 unspecified atom stereocenters. The second kappa shape index (κ2) is 16.0. The van der Waals surface area contributed by atoms with Crippen molar-refractivity contribution in [3.05, 3.63) is 71.1 Å². The summed E-state index contributed by atoms with van der Waals surface area (Å²) in [5.41, 5.74) is 0.906. The molecule has 2 amide bonds. The summed E-state index contributed by atoms with van der Waals surface area (Å²) in [4.78, 5) is 36.5. The lowest BCUT2D eigenvalue weighted by atomic mass is 9.95. The van der Waals surface area contributed by atoms with Gasteiger partial charge in [0, 0.05) is 49.2 Å². The third kappa shape index (κ3) is 8.28. The van der Waals surface area contributed by atoms with Crippen LogP contribution in [0.5, 0.6) is 5.75 Å². The molecule has 0 bridgehead atoms. The molecular weight excluding hydrogens is 680 g/mol. The molecule has 2 saturated heterocycles. The summed E-state index contributed by atoms with van der Waals surface area (Å²) in [5.74, 6) is -3.16. The molecule has 0 spiro atoms. The number of anilines is 2. The molecule has 4 heterocycles. The number of carbonyl (C=O) groups excluding carboxylic acids is 2. The van der Waals surface area contributed by atoms with Gasteiger partial charge in [-0.2, -0.15) is 13.2 Å². The van der Waals surface area contributed by atoms with Crippen LogP contribution in [0.4, 0.5) is 29.1 Å². The van der Waals surface area contributed by atoms with E-state index in [0.717, 1.165) is 57.7 Å². The van der Waals surface area contributed by atoms with Crippen LogP contribution in [0, 0.1) is 23.5 Å². The quantitative estimate of drug-likeness (QED) is 0.110. The van der Waals surface area contributed by atoms with Crippen LogP contribution in [0.1, 0.15) is 36.0 Å². The second-order valence-electron chi connectivity index (χ2n) is 12.4. The Kier molecular flexibility index (Phi) is 11.3. The number of likely N-dealkylation sites (tertiary alicyclic amines) is 1. The van der Waals surface area contributed by atoms with E-state index in [0.29, 0.717) is 31.1 Å². The van der Waals surface area contributed by atoms with Crippen molar-refractivity contribution in [3.8, 4) is 17.0 Å². The first-order chi connectivity index (χ1) is 24.2. The van der Waals surface area contributed by atoms with E-state index in [1.54, 1.807) is 18.2 Å². The Morgan fingerprint density at radius 2 is 1.84 bits per heavy atom. The Hall–Kier alpha value is -4.47. The topological polar surface area (TPSA) is 125 Å². The average molecular weight is 717 g/mol. The van der Waals surface area contributed by atoms with Crippen molar-refractivity contribution in [1.29, 1.82) is 0 Å². The molecule has 266 valence electrons. The smallest absolute Gasteiger partial charge is 0.387 e. The van der Waals surface area contributed by atoms with E-state index < -0.39 is 24.0 Å². The molecule has 2 aliphatic heterocycles. The van der Waals surface area contributed by atoms with Gasteiger partial charge in [-0.1, -0.05) is 11.6 Å². The van der Waals surface area contributed by atoms with E-state index in [-0.39, 0.29) is 51.0 Å². The van der Waals surface area contributed by atoms with Crippen molar-refractivity contribution in [2.75, 3.05) is 51.1 Å². The van der Waals surface area contributed by atoms with Crippen molar-refractivity contribution in [2.45, 2.75) is 32.3 Å². The van der Waals surface area contributed by atoms with Crippen molar-refractivity contribution < 1.29 is 31.9 Å². The normalized spacial score (nSPS) is 17.0. The fourth-order valence-electron chi connectivity index (χ4n) is 6.39. The van der Waals surface area contributed by atoms with E-state index >= 15 is 0 Å². The summed E-state index contributed by atoms with van der Waals surface area (Å²) in [6.07, 6.45) is 7.69. The minimum absolute atomic E-state index is 0.0219. The van der Waals surface area contributed by atoms with Gasteiger partial charge in [0.2, 0.25) is 11.7 Å². The number of fused-ring (bicyclic) bond motifs is 1. The van der Waals surface area contributed by atoms with E-state index in [9.17, 15) is 27.2 Å². The van der Waals surface area contributed by atoms with Crippen LogP contribution in [-0.2, 0) is 4.79 Å². The number of nitrogens with zero attached hydrogens (tertiary/aromatic N) is 4. The predicted octanol–water partition coefficient (Wildman–Crippen LogP) is 5.23. The summed E-state index contributed by atoms with van der Waals surface area (Å²) in [6, 6.07) is 6.75. The first kappa shape index (κ1) is 35.4. The number of piperidine rings is 1. The number of nitrogens with one attached hydrogen (secondary N) is 4. The summed E-state index contributed by atoms with van der Waals surface area (Å²) >= 11 is 6.45. The standard InChI is InChI=1S/C34H37ClF4N8O3/c35-25-16-22(45-30-31-44-18-26(47(31)15-12-41-30)24-4-5-27(50-34(38)39)29(37)28(24)36)2-3-23(25)33(49)43-10-1-9-42-32(48)21-7-13-46(14-8-21)19-20-6-11-40-17-20/h2-5,12,15-16,18,20-21,34,40H,1,6-11,13-14,17,19H2,(H,41,45)(H,42,48)(H,43,49). The van der Waals surface area contributed by atoms with Gasteiger partial charge in [0.1, 0.15) is 0 Å². The van der Waals surface area contributed by atoms with Crippen LogP contribution in [0.25, 0.3) is 16.9 Å². The van der Waals surface area contributed by atoms with Gasteiger partial charge in [-0.05, 0) is 88.1 Å². The molecule has 4 N–H and O–H groups in total. The molecule has 0 aliphatic carbocycles. The minimum Gasteiger partial charge on any atom is -0.432 e. The van der Waals surface area contributed by atoms with Crippen LogP contribution in [-0.4, -0.2) is 83.5 Å². The van der Waals surface area contributed by atoms with Crippen molar-refractivity contribution in [1.82, 2.24) is 35.2 Å². The molecule has 11 nitrogen and oxygen atoms in total. The highest BCUT2D eigenvalue weighted by Crippen LogP contribution is 2.32. The molecule has 1 atom stereocenters. The molecule has 4 aromatic rings. The monoisotopic (exact) mass is 716 g/mol. The van der Waals surface area contributed by atoms with Crippen molar-refractivity contribution in [2.24, 2.45) is 11.8 Å². The van der Waals surface area contributed by atoms with Gasteiger partial charge in [0.25, 0.3) is 5.91 Å². The maximum absolute atomic E-state index is 14.8. The van der Waals surface area contributed by atoms with E-state index in [4.69, 9.17) is 11.6 Å². The van der Waals surface area contributed by atoms with E-state index in [1.807, 2.05) is 0 Å². The van der Waals surface area contributed by atoms with E-state index in [2.05, 4.69) is 40.9 Å². The molecule has 0 saturated carbocycles. The number of hydrogen-bond acceptors (Lipinski definition) is 8. The molecule has 0 radical (unpaired) electrons. The number of benzene rings is 2. The Morgan fingerprint density at radius 1 is 1.04 bits per heavy atom. The average Bonchev–Trinajstić information content (AvgIpc) is 3.78. The minimum atomic E-state index is -3.31. The molecule has 50 heavy (non-hydrogen) atoms. The number of imidazole rings is 1. The van der Waals surface area contributed by atoms with Gasteiger partial charge < -0.3 is 30.9 Å². The van der Waals surface area contributed by atoms with Gasteiger partial charge in [-0.25, -0.2) is 14.4 Å². The molecule has 2 aromatic carbocycles. The van der Waals surface area contributed by atoms with Crippen LogP contribution < -0.4 is 26.0 Å². The van der Waals surface area contributed by atoms with Gasteiger partial charge >= 0.3 is 6.61 Å². The SMILES string of the molecule is O=C(NCCCNC(=O)C1CCN(CC2CCNC2)CC1)c1ccc(Nc2nccn3c(-c4ccc(OC(F)F)c(F)c4F)cnc23)cc1Cl. The summed E-state index contributed by atoms with van der Waals surface area (Å²) in [5, 5.41) is 12.5. The first-order valence-electron chi connectivity index (χ1n) is 16.5. The largest absolute Gasteiger partial charge is 0.432 e. The van der Waals surface area contributed by atoms with Crippen LogP contribution in [0.15, 0.2) is 48.9 Å². The number of halogens is 5. The lowest BCUT2D eigenvalue weighted by molar-refractivity contribution is -0.126. The first-order valence-corrected chi connectivity index (χ1v) is 16.9. The highest BCUT2D eigenvalue weighted by Gasteiger charge is 2.27. The number of carbonyl (C=O) groups is 2. The Balaban J connectivity index is 0.985. The second-order valence-corrected chi connectivity index (χ2v) is 12.8. The lowest BCUT2D eigenvalue weighted by Gasteiger charge is -2.32. The number of aromatic nitrogens is 3. The van der Waals surface area contributed by atoms with Crippen molar-refractivity contribution >= 4 is 40.6 Å². The van der Waals surface area contributed by atoms with Crippen LogP contribution in [0.3, 0.4) is 0 Å². The summed E-state index contributed by atoms with van der Waals surface area (Å²) in [7, 11) is 0. The highest BCUT2D eigenvalue weighted by atomic mass is 35.5. The maximum Gasteiger partial charge on any atom is 0.387 e. The molecule has 16 heteroatoms. The Labute approximate surface area is 290 Å². The lowest BCUT2D eigenvalue weighted by Crippen LogP contribution is -2.42. The van der Waals surface area contributed by atoms with Gasteiger partial charge in [-0.15, -0.1) is 0 Å². The van der Waals surface area contributed by atoms with E-state index in [1.165, 1.54) is 29.4 Å². The van der Waals surface area contributed by atoms with Gasteiger partial charge in [-0.3, -0.25) is 14.0 Å². The van der Waals surface area contributed by atoms with Gasteiger partial charge in [0.15, 0.2) is 23.0 Å². The number of rotatable bonds is 13. The summed E-state index contributed by atoms with van der Waals surface area (Å²) in [6.45, 7) is 2.66. The zero-order valence-electron chi connectivity index (χ0n) is 27.0. The molecule has 2 aromatic heterocycles. The maximum atomic E-state index is 14.8. The zero-order valence-corrected chi connectivity index (χ0v) is 27.8. The fraction of sp³-hybridized carbons (Fsp3) is 0.412. The predicted molar refractivity (Wildman–Crippen MR) is 180 cm³/mol. The fourth-order valence-corrected chi connectivity index (χ4v) is 6.66. The van der Waals surface area contributed by atoms with Gasteiger partial charge in [0.05, 0.1) is 22.5 Å². The molecular formula is C34H37ClF4N8O3. The Bertz CT molecular complexity index is 1830. The zero-order chi connectivity index (χ0) is 35.2. The number of hydrogen-bond donors (Lipinski definition) is 4. The third-order valence-electron chi connectivity index (χ3n) is 9.02. The van der Waals surface area contributed by atoms with Crippen LogP contribution in [0.2, 0.25) is 5.02 Å². The Morgan fingerprint density at radius 3 is 2.58 bits per heavy atom. The van der Waals surface area contributed by atoms with Crippen molar-refractivity contribution in [3.63, 3.8) is 0 Å². The summed E-state index contributed by atoms with van der Waals surface area (Å²) < 4.78 is 59.8. The number of ether oxygens (including phenoxy) is 1. The number of alkyl halides is 2.